The number of fused-ring (bicyclic) bond motifs is 1. The Labute approximate surface area is 157 Å². The highest BCUT2D eigenvalue weighted by Crippen LogP contribution is 2.22. The Morgan fingerprint density at radius 3 is 2.11 bits per heavy atom. The van der Waals surface area contributed by atoms with Crippen molar-refractivity contribution in [2.24, 2.45) is 0 Å². The van der Waals surface area contributed by atoms with E-state index in [4.69, 9.17) is 9.47 Å². The Kier molecular flexibility index (Phi) is 5.54. The fourth-order valence-electron chi connectivity index (χ4n) is 2.85. The van der Waals surface area contributed by atoms with Crippen molar-refractivity contribution in [1.82, 2.24) is 4.90 Å². The summed E-state index contributed by atoms with van der Waals surface area (Å²) in [5.41, 5.74) is 1.26. The highest BCUT2D eigenvalue weighted by molar-refractivity contribution is 6.21. The molecule has 2 aromatic rings. The highest BCUT2D eigenvalue weighted by atomic mass is 16.5. The first kappa shape index (κ1) is 18.6. The molecule has 1 aliphatic heterocycles. The number of rotatable bonds is 7. The monoisotopic (exact) mass is 367 g/mol. The minimum Gasteiger partial charge on any atom is -0.491 e. The molecule has 0 unspecified atom stereocenters. The second-order valence-corrected chi connectivity index (χ2v) is 6.49. The van der Waals surface area contributed by atoms with Crippen LogP contribution >= 0.6 is 0 Å². The zero-order chi connectivity index (χ0) is 19.4. The van der Waals surface area contributed by atoms with E-state index in [1.165, 1.54) is 4.90 Å². The first-order valence-corrected chi connectivity index (χ1v) is 8.86. The number of imide groups is 1. The molecule has 2 aromatic carbocycles. The molecule has 0 N–H and O–H groups in total. The number of ether oxygens (including phenoxy) is 2. The molecule has 0 radical (unpaired) electrons. The second-order valence-electron chi connectivity index (χ2n) is 6.49. The number of carbonyl (C=O) groups excluding carboxylic acids is 3. The number of benzene rings is 2. The van der Waals surface area contributed by atoms with Gasteiger partial charge in [0.15, 0.2) is 0 Å². The van der Waals surface area contributed by atoms with Gasteiger partial charge in [0.2, 0.25) is 0 Å². The number of carbonyl (C=O) groups is 3. The molecule has 0 aliphatic carbocycles. The molecule has 0 fully saturated rings. The summed E-state index contributed by atoms with van der Waals surface area (Å²) in [6.07, 6.45) is 0.441. The van der Waals surface area contributed by atoms with Crippen molar-refractivity contribution < 1.29 is 23.9 Å². The van der Waals surface area contributed by atoms with Crippen LogP contribution < -0.4 is 4.74 Å². The van der Waals surface area contributed by atoms with Gasteiger partial charge in [-0.15, -0.1) is 0 Å². The molecule has 6 heteroatoms. The van der Waals surface area contributed by atoms with Crippen LogP contribution in [0.5, 0.6) is 5.75 Å². The van der Waals surface area contributed by atoms with Gasteiger partial charge >= 0.3 is 5.97 Å². The maximum Gasteiger partial charge on any atom is 0.338 e. The number of esters is 1. The van der Waals surface area contributed by atoms with Gasteiger partial charge in [-0.3, -0.25) is 14.5 Å². The molecule has 0 saturated carbocycles. The summed E-state index contributed by atoms with van der Waals surface area (Å²) in [4.78, 5) is 37.8. The van der Waals surface area contributed by atoms with Crippen LogP contribution in [0, 0.1) is 0 Å². The Bertz CT molecular complexity index is 822. The zero-order valence-electron chi connectivity index (χ0n) is 15.3. The third-order valence-electron chi connectivity index (χ3n) is 4.10. The van der Waals surface area contributed by atoms with Crippen molar-refractivity contribution in [1.29, 1.82) is 0 Å². The number of hydrogen-bond acceptors (Lipinski definition) is 5. The maximum atomic E-state index is 12.3. The summed E-state index contributed by atoms with van der Waals surface area (Å²) in [6.45, 7) is 4.18. The largest absolute Gasteiger partial charge is 0.491 e. The molecule has 0 spiro atoms. The van der Waals surface area contributed by atoms with E-state index in [-0.39, 0.29) is 31.1 Å². The van der Waals surface area contributed by atoms with Crippen LogP contribution in [0.25, 0.3) is 0 Å². The summed E-state index contributed by atoms with van der Waals surface area (Å²) < 4.78 is 10.8. The average molecular weight is 367 g/mol. The Morgan fingerprint density at radius 1 is 0.963 bits per heavy atom. The smallest absolute Gasteiger partial charge is 0.338 e. The van der Waals surface area contributed by atoms with Crippen LogP contribution in [0.3, 0.4) is 0 Å². The first-order valence-electron chi connectivity index (χ1n) is 8.86. The molecule has 0 aromatic heterocycles. The van der Waals surface area contributed by atoms with Gasteiger partial charge in [0.05, 0.1) is 29.4 Å². The maximum absolute atomic E-state index is 12.3. The van der Waals surface area contributed by atoms with Crippen LogP contribution in [0.1, 0.15) is 51.3 Å². The quantitative estimate of drug-likeness (QED) is 0.426. The lowest BCUT2D eigenvalue weighted by molar-refractivity contribution is 0.0482. The molecule has 27 heavy (non-hydrogen) atoms. The van der Waals surface area contributed by atoms with Crippen LogP contribution in [0.4, 0.5) is 0 Å². The van der Waals surface area contributed by atoms with Crippen LogP contribution in [-0.2, 0) is 4.74 Å². The molecule has 1 heterocycles. The Hall–Kier alpha value is -3.15. The third kappa shape index (κ3) is 4.16. The van der Waals surface area contributed by atoms with Gasteiger partial charge in [0, 0.05) is 6.54 Å². The lowest BCUT2D eigenvalue weighted by atomic mass is 10.1. The number of amides is 2. The van der Waals surface area contributed by atoms with Gasteiger partial charge in [0.25, 0.3) is 11.8 Å². The van der Waals surface area contributed by atoms with Gasteiger partial charge in [0.1, 0.15) is 5.75 Å². The van der Waals surface area contributed by atoms with E-state index >= 15 is 0 Å². The van der Waals surface area contributed by atoms with Gasteiger partial charge < -0.3 is 9.47 Å². The fraction of sp³-hybridized carbons (Fsp3) is 0.286. The van der Waals surface area contributed by atoms with Crippen LogP contribution in [0.15, 0.2) is 48.5 Å². The molecule has 0 atom stereocenters. The topological polar surface area (TPSA) is 72.9 Å². The van der Waals surface area contributed by atoms with Crippen molar-refractivity contribution in [2.75, 3.05) is 13.2 Å². The van der Waals surface area contributed by atoms with Crippen molar-refractivity contribution in [3.63, 3.8) is 0 Å². The lowest BCUT2D eigenvalue weighted by Crippen LogP contribution is -2.31. The third-order valence-corrected chi connectivity index (χ3v) is 4.10. The zero-order valence-corrected chi connectivity index (χ0v) is 15.3. The number of nitrogens with zero attached hydrogens (tertiary/aromatic N) is 1. The lowest BCUT2D eigenvalue weighted by Gasteiger charge is -2.13. The van der Waals surface area contributed by atoms with Crippen LogP contribution in [-0.4, -0.2) is 41.9 Å². The molecule has 0 bridgehead atoms. The van der Waals surface area contributed by atoms with Crippen molar-refractivity contribution >= 4 is 17.8 Å². The standard InChI is InChI=1S/C21H21NO5/c1-14(2)27-16-10-8-15(9-11-16)21(25)26-13-5-12-22-19(23)17-6-3-4-7-18(17)20(22)24/h3-4,6-11,14H,5,12-13H2,1-2H3. The van der Waals surface area contributed by atoms with E-state index in [2.05, 4.69) is 0 Å². The predicted octanol–water partition coefficient (Wildman–Crippen LogP) is 3.32. The van der Waals surface area contributed by atoms with Crippen molar-refractivity contribution in [2.45, 2.75) is 26.4 Å². The van der Waals surface area contributed by atoms with Gasteiger partial charge in [-0.2, -0.15) is 0 Å². The highest BCUT2D eigenvalue weighted by Gasteiger charge is 2.34. The summed E-state index contributed by atoms with van der Waals surface area (Å²) in [5, 5.41) is 0. The van der Waals surface area contributed by atoms with E-state index in [0.29, 0.717) is 28.9 Å². The molecule has 0 saturated heterocycles. The van der Waals surface area contributed by atoms with E-state index in [1.54, 1.807) is 48.5 Å². The summed E-state index contributed by atoms with van der Waals surface area (Å²) >= 11 is 0. The average Bonchev–Trinajstić information content (AvgIpc) is 2.90. The predicted molar refractivity (Wildman–Crippen MR) is 98.9 cm³/mol. The summed E-state index contributed by atoms with van der Waals surface area (Å²) in [6, 6.07) is 13.5. The molecule has 140 valence electrons. The molecule has 1 aliphatic rings. The first-order chi connectivity index (χ1) is 13.0. The van der Waals surface area contributed by atoms with E-state index in [0.717, 1.165) is 0 Å². The van der Waals surface area contributed by atoms with Gasteiger partial charge in [-0.1, -0.05) is 12.1 Å². The summed E-state index contributed by atoms with van der Waals surface area (Å²) in [5.74, 6) is -0.369. The Balaban J connectivity index is 1.47. The van der Waals surface area contributed by atoms with Crippen molar-refractivity contribution in [3.8, 4) is 5.75 Å². The van der Waals surface area contributed by atoms with Crippen LogP contribution in [0.2, 0.25) is 0 Å². The molecule has 2 amide bonds. The van der Waals surface area contributed by atoms with Gasteiger partial charge in [-0.25, -0.2) is 4.79 Å². The molecule has 6 nitrogen and oxygen atoms in total. The summed E-state index contributed by atoms with van der Waals surface area (Å²) in [7, 11) is 0. The Morgan fingerprint density at radius 2 is 1.56 bits per heavy atom. The molecule has 3 rings (SSSR count). The normalized spacial score (nSPS) is 13.1. The SMILES string of the molecule is CC(C)Oc1ccc(C(=O)OCCCN2C(=O)c3ccccc3C2=O)cc1. The minimum absolute atomic E-state index is 0.0601. The van der Waals surface area contributed by atoms with E-state index < -0.39 is 5.97 Å². The molecular formula is C21H21NO5. The molecular weight excluding hydrogens is 346 g/mol. The van der Waals surface area contributed by atoms with E-state index in [9.17, 15) is 14.4 Å². The van der Waals surface area contributed by atoms with Crippen molar-refractivity contribution in [3.05, 3.63) is 65.2 Å². The minimum atomic E-state index is -0.451. The second kappa shape index (κ2) is 8.03. The van der Waals surface area contributed by atoms with Gasteiger partial charge in [-0.05, 0) is 56.7 Å². The number of hydrogen-bond donors (Lipinski definition) is 0. The fourth-order valence-corrected chi connectivity index (χ4v) is 2.85. The van der Waals surface area contributed by atoms with E-state index in [1.807, 2.05) is 13.8 Å².